The Morgan fingerprint density at radius 1 is 1.17 bits per heavy atom. The Morgan fingerprint density at radius 3 is 2.13 bits per heavy atom. The van der Waals surface area contributed by atoms with Gasteiger partial charge in [0.2, 0.25) is 0 Å². The van der Waals surface area contributed by atoms with Crippen molar-refractivity contribution in [3.63, 3.8) is 0 Å². The smallest absolute Gasteiger partial charge is 0.326 e. The third-order valence-corrected chi connectivity index (χ3v) is 6.23. The van der Waals surface area contributed by atoms with Gasteiger partial charge in [-0.05, 0) is 65.8 Å². The SMILES string of the molecule is CCOC(=O)C(C)(C)NP(=O)(Oc1ccc(F)cc1)C(C)(C)C. The maximum atomic E-state index is 13.4. The number of esters is 1. The van der Waals surface area contributed by atoms with Crippen LogP contribution >= 0.6 is 7.52 Å². The lowest BCUT2D eigenvalue weighted by Gasteiger charge is -2.36. The van der Waals surface area contributed by atoms with Crippen LogP contribution in [-0.4, -0.2) is 23.3 Å². The molecule has 0 aliphatic carbocycles. The fourth-order valence-electron chi connectivity index (χ4n) is 1.70. The lowest BCUT2D eigenvalue weighted by molar-refractivity contribution is -0.149. The van der Waals surface area contributed by atoms with Gasteiger partial charge >= 0.3 is 13.5 Å². The van der Waals surface area contributed by atoms with Gasteiger partial charge in [0.15, 0.2) is 0 Å². The number of halogens is 1. The summed E-state index contributed by atoms with van der Waals surface area (Å²) in [6.07, 6.45) is 0. The van der Waals surface area contributed by atoms with Crippen molar-refractivity contribution in [1.29, 1.82) is 0 Å². The van der Waals surface area contributed by atoms with Gasteiger partial charge in [-0.25, -0.2) is 9.48 Å². The van der Waals surface area contributed by atoms with Crippen molar-refractivity contribution in [2.45, 2.75) is 52.2 Å². The first-order valence-corrected chi connectivity index (χ1v) is 9.06. The fourth-order valence-corrected chi connectivity index (χ4v) is 3.60. The van der Waals surface area contributed by atoms with Gasteiger partial charge in [0.25, 0.3) is 0 Å². The van der Waals surface area contributed by atoms with Crippen LogP contribution in [-0.2, 0) is 14.1 Å². The summed E-state index contributed by atoms with van der Waals surface area (Å²) in [7, 11) is -3.51. The van der Waals surface area contributed by atoms with Crippen LogP contribution in [0.15, 0.2) is 24.3 Å². The molecule has 1 rings (SSSR count). The molecule has 0 amide bonds. The van der Waals surface area contributed by atoms with Gasteiger partial charge in [0.05, 0.1) is 11.8 Å². The Labute approximate surface area is 137 Å². The number of benzene rings is 1. The van der Waals surface area contributed by atoms with Gasteiger partial charge < -0.3 is 9.26 Å². The highest BCUT2D eigenvalue weighted by Crippen LogP contribution is 2.56. The summed E-state index contributed by atoms with van der Waals surface area (Å²) in [5, 5.41) is 2.04. The van der Waals surface area contributed by atoms with Crippen LogP contribution in [0.25, 0.3) is 0 Å². The number of hydrogen-bond acceptors (Lipinski definition) is 4. The fraction of sp³-hybridized carbons (Fsp3) is 0.562. The molecule has 0 heterocycles. The predicted octanol–water partition coefficient (Wildman–Crippen LogP) is 4.13. The summed E-state index contributed by atoms with van der Waals surface area (Å²) in [5.41, 5.74) is -1.20. The third-order valence-electron chi connectivity index (χ3n) is 3.14. The molecule has 0 saturated carbocycles. The van der Waals surface area contributed by atoms with E-state index < -0.39 is 30.0 Å². The van der Waals surface area contributed by atoms with E-state index in [2.05, 4.69) is 5.09 Å². The lowest BCUT2D eigenvalue weighted by atomic mass is 10.1. The molecule has 1 N–H and O–H groups in total. The normalized spacial score (nSPS) is 14.9. The summed E-state index contributed by atoms with van der Waals surface area (Å²) >= 11 is 0. The summed E-state index contributed by atoms with van der Waals surface area (Å²) in [6.45, 7) is 10.3. The maximum Gasteiger partial charge on any atom is 0.326 e. The summed E-state index contributed by atoms with van der Waals surface area (Å²) in [5.74, 6) is -0.674. The van der Waals surface area contributed by atoms with Crippen molar-refractivity contribution in [3.8, 4) is 5.75 Å². The molecule has 5 nitrogen and oxygen atoms in total. The zero-order chi connectivity index (χ0) is 17.9. The number of hydrogen-bond donors (Lipinski definition) is 1. The van der Waals surface area contributed by atoms with Crippen molar-refractivity contribution >= 4 is 13.5 Å². The van der Waals surface area contributed by atoms with E-state index in [0.29, 0.717) is 0 Å². The van der Waals surface area contributed by atoms with Gasteiger partial charge in [-0.2, -0.15) is 0 Å². The molecule has 0 spiro atoms. The van der Waals surface area contributed by atoms with Crippen LogP contribution in [0.5, 0.6) is 5.75 Å². The number of nitrogens with one attached hydrogen (secondary N) is 1. The zero-order valence-corrected chi connectivity index (χ0v) is 15.4. The van der Waals surface area contributed by atoms with E-state index in [1.54, 1.807) is 41.5 Å². The monoisotopic (exact) mass is 345 g/mol. The Kier molecular flexibility index (Phi) is 6.00. The second-order valence-electron chi connectivity index (χ2n) is 6.72. The Balaban J connectivity index is 3.11. The molecule has 0 aromatic heterocycles. The summed E-state index contributed by atoms with van der Waals surface area (Å²) in [4.78, 5) is 12.1. The number of rotatable bonds is 6. The molecular weight excluding hydrogens is 320 g/mol. The van der Waals surface area contributed by atoms with Gasteiger partial charge in [0.1, 0.15) is 17.1 Å². The first-order chi connectivity index (χ1) is 10.4. The molecule has 23 heavy (non-hydrogen) atoms. The summed E-state index contributed by atoms with van der Waals surface area (Å²) in [6, 6.07) is 5.23. The molecule has 1 atom stereocenters. The molecule has 130 valence electrons. The van der Waals surface area contributed by atoms with E-state index in [9.17, 15) is 13.8 Å². The minimum atomic E-state index is -3.51. The second-order valence-corrected chi connectivity index (χ2v) is 9.58. The molecule has 7 heteroatoms. The molecule has 0 aliphatic heterocycles. The highest BCUT2D eigenvalue weighted by Gasteiger charge is 2.46. The van der Waals surface area contributed by atoms with E-state index in [4.69, 9.17) is 9.26 Å². The van der Waals surface area contributed by atoms with Crippen molar-refractivity contribution in [1.82, 2.24) is 5.09 Å². The molecule has 0 radical (unpaired) electrons. The van der Waals surface area contributed by atoms with Gasteiger partial charge in [0, 0.05) is 0 Å². The van der Waals surface area contributed by atoms with Crippen molar-refractivity contribution in [3.05, 3.63) is 30.1 Å². The van der Waals surface area contributed by atoms with Gasteiger partial charge in [-0.3, -0.25) is 9.36 Å². The molecular formula is C16H25FNO4P. The van der Waals surface area contributed by atoms with Crippen LogP contribution in [0.1, 0.15) is 41.5 Å². The zero-order valence-electron chi connectivity index (χ0n) is 14.5. The van der Waals surface area contributed by atoms with Crippen molar-refractivity contribution < 1.29 is 23.0 Å². The summed E-state index contributed by atoms with van der Waals surface area (Å²) < 4.78 is 37.1. The first-order valence-electron chi connectivity index (χ1n) is 7.43. The highest BCUT2D eigenvalue weighted by molar-refractivity contribution is 7.59. The van der Waals surface area contributed by atoms with Crippen LogP contribution in [0.2, 0.25) is 0 Å². The lowest BCUT2D eigenvalue weighted by Crippen LogP contribution is -2.49. The van der Waals surface area contributed by atoms with Crippen LogP contribution < -0.4 is 9.61 Å². The third kappa shape index (κ3) is 5.05. The predicted molar refractivity (Wildman–Crippen MR) is 88.2 cm³/mol. The number of ether oxygens (including phenoxy) is 1. The van der Waals surface area contributed by atoms with Gasteiger partial charge in [-0.1, -0.05) is 0 Å². The molecule has 1 unspecified atom stereocenters. The standard InChI is InChI=1S/C16H25FNO4P/c1-7-21-14(19)16(5,6)18-23(20,15(2,3)4)22-13-10-8-12(17)9-11-13/h8-11H,7H2,1-6H3,(H,18,20). The Hall–Kier alpha value is -1.39. The quantitative estimate of drug-likeness (QED) is 0.620. The molecule has 0 aliphatic rings. The average Bonchev–Trinajstić information content (AvgIpc) is 2.40. The van der Waals surface area contributed by atoms with Crippen molar-refractivity contribution in [2.75, 3.05) is 6.61 Å². The topological polar surface area (TPSA) is 64.6 Å². The molecule has 0 bridgehead atoms. The largest absolute Gasteiger partial charge is 0.465 e. The Bertz CT molecular complexity index is 593. The van der Waals surface area contributed by atoms with E-state index in [-0.39, 0.29) is 12.4 Å². The van der Waals surface area contributed by atoms with Crippen molar-refractivity contribution in [2.24, 2.45) is 0 Å². The molecule has 0 saturated heterocycles. The highest BCUT2D eigenvalue weighted by atomic mass is 31.2. The minimum absolute atomic E-state index is 0.225. The molecule has 0 fully saturated rings. The molecule has 1 aromatic carbocycles. The van der Waals surface area contributed by atoms with E-state index in [1.165, 1.54) is 24.3 Å². The second kappa shape index (κ2) is 7.02. The van der Waals surface area contributed by atoms with Crippen LogP contribution in [0.4, 0.5) is 4.39 Å². The minimum Gasteiger partial charge on any atom is -0.465 e. The van der Waals surface area contributed by atoms with E-state index in [1.807, 2.05) is 0 Å². The maximum absolute atomic E-state index is 13.4. The number of carbonyl (C=O) groups is 1. The van der Waals surface area contributed by atoms with Gasteiger partial charge in [-0.15, -0.1) is 0 Å². The average molecular weight is 345 g/mol. The van der Waals surface area contributed by atoms with E-state index in [0.717, 1.165) is 0 Å². The Morgan fingerprint density at radius 2 is 1.70 bits per heavy atom. The molecule has 1 aromatic rings. The van der Waals surface area contributed by atoms with Crippen LogP contribution in [0.3, 0.4) is 0 Å². The number of carbonyl (C=O) groups excluding carboxylic acids is 1. The van der Waals surface area contributed by atoms with Crippen LogP contribution in [0, 0.1) is 5.82 Å². The first kappa shape index (κ1) is 19.7. The van der Waals surface area contributed by atoms with E-state index >= 15 is 0 Å².